The van der Waals surface area contributed by atoms with Crippen LogP contribution in [0, 0.1) is 5.92 Å². The van der Waals surface area contributed by atoms with Crippen molar-refractivity contribution in [1.29, 1.82) is 0 Å². The van der Waals surface area contributed by atoms with E-state index in [4.69, 9.17) is 10.5 Å². The third-order valence-electron chi connectivity index (χ3n) is 4.83. The van der Waals surface area contributed by atoms with Crippen molar-refractivity contribution in [2.24, 2.45) is 13.0 Å². The van der Waals surface area contributed by atoms with Crippen LogP contribution in [0.5, 0.6) is 5.75 Å². The molecule has 0 radical (unpaired) electrons. The van der Waals surface area contributed by atoms with Gasteiger partial charge in [0.2, 0.25) is 0 Å². The van der Waals surface area contributed by atoms with Gasteiger partial charge in [0.05, 0.1) is 19.0 Å². The Morgan fingerprint density at radius 1 is 1.32 bits per heavy atom. The summed E-state index contributed by atoms with van der Waals surface area (Å²) < 4.78 is 7.43. The highest BCUT2D eigenvalue weighted by molar-refractivity contribution is 5.85. The molecule has 0 saturated heterocycles. The van der Waals surface area contributed by atoms with Crippen molar-refractivity contribution in [2.75, 3.05) is 30.8 Å². The van der Waals surface area contributed by atoms with E-state index in [0.717, 1.165) is 31.2 Å². The van der Waals surface area contributed by atoms with Gasteiger partial charge in [0.25, 0.3) is 0 Å². The molecule has 0 amide bonds. The number of aryl methyl sites for hydroxylation is 1. The Balaban J connectivity index is 1.87. The fourth-order valence-electron chi connectivity index (χ4n) is 3.39. The number of aromatic nitrogens is 2. The summed E-state index contributed by atoms with van der Waals surface area (Å²) in [5.74, 6) is 1.60. The van der Waals surface area contributed by atoms with Crippen LogP contribution in [-0.2, 0) is 13.5 Å². The molecule has 2 heterocycles. The Morgan fingerprint density at radius 2 is 2.14 bits per heavy atom. The lowest BCUT2D eigenvalue weighted by Crippen LogP contribution is -2.28. The molecule has 2 aliphatic rings. The van der Waals surface area contributed by atoms with Crippen molar-refractivity contribution in [1.82, 2.24) is 9.78 Å². The Labute approximate surface area is 130 Å². The van der Waals surface area contributed by atoms with Gasteiger partial charge in [-0.15, -0.1) is 0 Å². The summed E-state index contributed by atoms with van der Waals surface area (Å²) in [4.78, 5) is 2.50. The molecule has 1 aromatic carbocycles. The third-order valence-corrected chi connectivity index (χ3v) is 4.83. The maximum absolute atomic E-state index is 6.16. The molecule has 0 atom stereocenters. The summed E-state index contributed by atoms with van der Waals surface area (Å²) in [6, 6.07) is 4.13. The number of benzene rings is 1. The van der Waals surface area contributed by atoms with Crippen molar-refractivity contribution >= 4 is 11.4 Å². The Morgan fingerprint density at radius 3 is 2.86 bits per heavy atom. The first kappa shape index (κ1) is 13.5. The molecule has 1 saturated carbocycles. The fourth-order valence-corrected chi connectivity index (χ4v) is 3.39. The lowest BCUT2D eigenvalue weighted by atomic mass is 10.0. The van der Waals surface area contributed by atoms with Crippen LogP contribution in [0.2, 0.25) is 0 Å². The zero-order valence-electron chi connectivity index (χ0n) is 13.2. The summed E-state index contributed by atoms with van der Waals surface area (Å²) >= 11 is 0. The molecule has 116 valence electrons. The van der Waals surface area contributed by atoms with Crippen LogP contribution in [0.25, 0.3) is 11.1 Å². The van der Waals surface area contributed by atoms with E-state index in [0.29, 0.717) is 5.69 Å². The second kappa shape index (κ2) is 4.93. The molecule has 0 unspecified atom stereocenters. The van der Waals surface area contributed by atoms with E-state index in [1.165, 1.54) is 35.3 Å². The SMILES string of the molecule is COc1cc2c(cc1N)-c1cnn(C)c1CCN2CC1CC1. The number of hydrogen-bond donors (Lipinski definition) is 1. The third kappa shape index (κ3) is 2.12. The normalized spacial score (nSPS) is 16.9. The fraction of sp³-hybridized carbons (Fsp3) is 0.471. The average Bonchev–Trinajstić information content (AvgIpc) is 3.27. The van der Waals surface area contributed by atoms with E-state index >= 15 is 0 Å². The van der Waals surface area contributed by atoms with Gasteiger partial charge < -0.3 is 15.4 Å². The van der Waals surface area contributed by atoms with E-state index < -0.39 is 0 Å². The van der Waals surface area contributed by atoms with Crippen LogP contribution in [0.3, 0.4) is 0 Å². The van der Waals surface area contributed by atoms with E-state index in [-0.39, 0.29) is 0 Å². The standard InChI is InChI=1S/C17H22N4O/c1-20-15-5-6-21(10-11-3-4-11)16-8-17(22-2)14(18)7-12(16)13(15)9-19-20/h7-9,11H,3-6,10,18H2,1-2H3. The summed E-state index contributed by atoms with van der Waals surface area (Å²) in [6.45, 7) is 2.14. The quantitative estimate of drug-likeness (QED) is 0.884. The second-order valence-corrected chi connectivity index (χ2v) is 6.38. The zero-order chi connectivity index (χ0) is 15.3. The van der Waals surface area contributed by atoms with Crippen LogP contribution in [0.15, 0.2) is 18.3 Å². The second-order valence-electron chi connectivity index (χ2n) is 6.38. The average molecular weight is 298 g/mol. The van der Waals surface area contributed by atoms with Gasteiger partial charge in [0, 0.05) is 55.1 Å². The van der Waals surface area contributed by atoms with Gasteiger partial charge in [0.15, 0.2) is 0 Å². The monoisotopic (exact) mass is 298 g/mol. The number of hydrogen-bond acceptors (Lipinski definition) is 4. The van der Waals surface area contributed by atoms with Gasteiger partial charge in [-0.05, 0) is 24.8 Å². The van der Waals surface area contributed by atoms with E-state index in [9.17, 15) is 0 Å². The number of fused-ring (bicyclic) bond motifs is 3. The lowest BCUT2D eigenvalue weighted by Gasteiger charge is -2.26. The zero-order valence-corrected chi connectivity index (χ0v) is 13.2. The maximum Gasteiger partial charge on any atom is 0.143 e. The molecule has 2 aromatic rings. The highest BCUT2D eigenvalue weighted by Crippen LogP contribution is 2.43. The molecular weight excluding hydrogens is 276 g/mol. The number of methoxy groups -OCH3 is 1. The summed E-state index contributed by atoms with van der Waals surface area (Å²) in [6.07, 6.45) is 5.68. The minimum atomic E-state index is 0.685. The number of anilines is 2. The van der Waals surface area contributed by atoms with Gasteiger partial charge >= 0.3 is 0 Å². The Hall–Kier alpha value is -2.17. The topological polar surface area (TPSA) is 56.3 Å². The predicted octanol–water partition coefficient (Wildman–Crippen LogP) is 2.45. The minimum Gasteiger partial charge on any atom is -0.495 e. The largest absolute Gasteiger partial charge is 0.495 e. The van der Waals surface area contributed by atoms with Gasteiger partial charge in [0.1, 0.15) is 5.75 Å². The van der Waals surface area contributed by atoms with Gasteiger partial charge in [-0.3, -0.25) is 4.68 Å². The Bertz CT molecular complexity index is 718. The summed E-state index contributed by atoms with van der Waals surface area (Å²) in [5.41, 5.74) is 11.7. The van der Waals surface area contributed by atoms with Crippen LogP contribution in [-0.4, -0.2) is 30.0 Å². The molecule has 0 bridgehead atoms. The van der Waals surface area contributed by atoms with E-state index in [2.05, 4.69) is 16.1 Å². The predicted molar refractivity (Wildman–Crippen MR) is 88.2 cm³/mol. The van der Waals surface area contributed by atoms with E-state index in [1.807, 2.05) is 24.0 Å². The van der Waals surface area contributed by atoms with Crippen LogP contribution >= 0.6 is 0 Å². The van der Waals surface area contributed by atoms with Crippen LogP contribution in [0.4, 0.5) is 11.4 Å². The summed E-state index contributed by atoms with van der Waals surface area (Å²) in [5, 5.41) is 4.44. The highest BCUT2D eigenvalue weighted by atomic mass is 16.5. The van der Waals surface area contributed by atoms with E-state index in [1.54, 1.807) is 7.11 Å². The first-order valence-corrected chi connectivity index (χ1v) is 7.91. The molecule has 0 spiro atoms. The molecule has 1 fully saturated rings. The van der Waals surface area contributed by atoms with Gasteiger partial charge in [-0.25, -0.2) is 0 Å². The summed E-state index contributed by atoms with van der Waals surface area (Å²) in [7, 11) is 3.69. The molecule has 22 heavy (non-hydrogen) atoms. The number of ether oxygens (including phenoxy) is 1. The molecule has 2 N–H and O–H groups in total. The van der Waals surface area contributed by atoms with Crippen molar-refractivity contribution in [2.45, 2.75) is 19.3 Å². The minimum absolute atomic E-state index is 0.685. The number of nitrogens with zero attached hydrogens (tertiary/aromatic N) is 3. The van der Waals surface area contributed by atoms with Crippen molar-refractivity contribution in [3.63, 3.8) is 0 Å². The van der Waals surface area contributed by atoms with Crippen LogP contribution in [0.1, 0.15) is 18.5 Å². The maximum atomic E-state index is 6.16. The van der Waals surface area contributed by atoms with Crippen LogP contribution < -0.4 is 15.4 Å². The first-order valence-electron chi connectivity index (χ1n) is 7.91. The molecule has 5 heteroatoms. The van der Waals surface area contributed by atoms with Gasteiger partial charge in [-0.2, -0.15) is 5.10 Å². The molecule has 4 rings (SSSR count). The lowest BCUT2D eigenvalue weighted by molar-refractivity contribution is 0.417. The van der Waals surface area contributed by atoms with Crippen molar-refractivity contribution in [3.05, 3.63) is 24.0 Å². The first-order chi connectivity index (χ1) is 10.7. The Kier molecular flexibility index (Phi) is 3.03. The van der Waals surface area contributed by atoms with Crippen molar-refractivity contribution < 1.29 is 4.74 Å². The molecule has 1 aromatic heterocycles. The number of nitrogens with two attached hydrogens (primary N) is 1. The smallest absolute Gasteiger partial charge is 0.143 e. The molecular formula is C17H22N4O. The number of rotatable bonds is 3. The molecule has 1 aliphatic carbocycles. The molecule has 1 aliphatic heterocycles. The number of nitrogen functional groups attached to an aromatic ring is 1. The van der Waals surface area contributed by atoms with Gasteiger partial charge in [-0.1, -0.05) is 0 Å². The highest BCUT2D eigenvalue weighted by Gasteiger charge is 2.29. The molecule has 5 nitrogen and oxygen atoms in total. The van der Waals surface area contributed by atoms with Crippen molar-refractivity contribution in [3.8, 4) is 16.9 Å².